The molecule has 20 heavy (non-hydrogen) atoms. The second kappa shape index (κ2) is 4.84. The molecular weight excluding hydrogens is 258 g/mol. The lowest BCUT2D eigenvalue weighted by Crippen LogP contribution is -2.45. The summed E-state index contributed by atoms with van der Waals surface area (Å²) >= 11 is 0. The fourth-order valence-electron chi connectivity index (χ4n) is 2.55. The first kappa shape index (κ1) is 13.0. The van der Waals surface area contributed by atoms with E-state index < -0.39 is 5.97 Å². The highest BCUT2D eigenvalue weighted by atomic mass is 16.4. The molecule has 0 spiro atoms. The molecule has 1 atom stereocenters. The molecule has 106 valence electrons. The van der Waals surface area contributed by atoms with Gasteiger partial charge in [-0.25, -0.2) is 4.79 Å². The number of hydrogen-bond acceptors (Lipinski definition) is 5. The molecule has 1 aliphatic rings. The van der Waals surface area contributed by atoms with E-state index in [1.54, 1.807) is 22.7 Å². The van der Waals surface area contributed by atoms with Crippen LogP contribution in [0.5, 0.6) is 0 Å². The molecule has 0 aliphatic carbocycles. The minimum Gasteiger partial charge on any atom is -0.478 e. The minimum atomic E-state index is -0.944. The van der Waals surface area contributed by atoms with Crippen LogP contribution >= 0.6 is 0 Å². The summed E-state index contributed by atoms with van der Waals surface area (Å²) in [6.45, 7) is 2.83. The smallest absolute Gasteiger partial charge is 0.337 e. The lowest BCUT2D eigenvalue weighted by Gasteiger charge is -2.36. The highest BCUT2D eigenvalue weighted by molar-refractivity contribution is 5.87. The van der Waals surface area contributed by atoms with Gasteiger partial charge in [-0.1, -0.05) is 0 Å². The maximum Gasteiger partial charge on any atom is 0.337 e. The van der Waals surface area contributed by atoms with Crippen LogP contribution in [0, 0.1) is 0 Å². The quantitative estimate of drug-likeness (QED) is 0.852. The van der Waals surface area contributed by atoms with Crippen LogP contribution in [0.15, 0.2) is 18.3 Å². The van der Waals surface area contributed by atoms with Crippen LogP contribution in [0.4, 0.5) is 0 Å². The Morgan fingerprint density at radius 3 is 2.85 bits per heavy atom. The Hall–Kier alpha value is -1.99. The van der Waals surface area contributed by atoms with Crippen molar-refractivity contribution in [2.75, 3.05) is 33.7 Å². The average Bonchev–Trinajstić information content (AvgIpc) is 2.84. The van der Waals surface area contributed by atoms with E-state index in [2.05, 4.69) is 34.1 Å². The topological polar surface area (TPSA) is 74.0 Å². The van der Waals surface area contributed by atoms with Crippen molar-refractivity contribution in [2.24, 2.45) is 0 Å². The van der Waals surface area contributed by atoms with Gasteiger partial charge in [0.15, 0.2) is 11.5 Å². The van der Waals surface area contributed by atoms with Gasteiger partial charge in [-0.3, -0.25) is 9.30 Å². The molecule has 1 saturated heterocycles. The third kappa shape index (κ3) is 2.14. The summed E-state index contributed by atoms with van der Waals surface area (Å²) in [6, 6.07) is 3.35. The van der Waals surface area contributed by atoms with Crippen molar-refractivity contribution in [3.8, 4) is 0 Å². The maximum atomic E-state index is 11.1. The normalized spacial score (nSPS) is 21.4. The Morgan fingerprint density at radius 2 is 2.10 bits per heavy atom. The molecule has 0 aromatic carbocycles. The molecule has 2 aromatic rings. The molecule has 1 unspecified atom stereocenters. The first-order valence-electron chi connectivity index (χ1n) is 6.53. The van der Waals surface area contributed by atoms with Crippen molar-refractivity contribution < 1.29 is 9.90 Å². The van der Waals surface area contributed by atoms with Crippen molar-refractivity contribution in [1.29, 1.82) is 0 Å². The molecule has 1 N–H and O–H groups in total. The molecule has 0 bridgehead atoms. The Balaban J connectivity index is 2.06. The molecular formula is C13H17N5O2. The van der Waals surface area contributed by atoms with Crippen LogP contribution < -0.4 is 0 Å². The van der Waals surface area contributed by atoms with E-state index in [9.17, 15) is 4.79 Å². The summed E-state index contributed by atoms with van der Waals surface area (Å²) in [5.74, 6) is -0.155. The zero-order valence-corrected chi connectivity index (χ0v) is 11.5. The molecule has 0 amide bonds. The maximum absolute atomic E-state index is 11.1. The zero-order chi connectivity index (χ0) is 14.3. The summed E-state index contributed by atoms with van der Waals surface area (Å²) in [5.41, 5.74) is 0.914. The number of carboxylic acid groups (broad SMARTS) is 1. The van der Waals surface area contributed by atoms with Gasteiger partial charge in [0, 0.05) is 25.8 Å². The van der Waals surface area contributed by atoms with Gasteiger partial charge >= 0.3 is 5.97 Å². The number of aromatic carboxylic acids is 1. The van der Waals surface area contributed by atoms with Crippen LogP contribution in [0.25, 0.3) is 5.65 Å². The lowest BCUT2D eigenvalue weighted by atomic mass is 10.1. The van der Waals surface area contributed by atoms with Gasteiger partial charge in [0.05, 0.1) is 11.6 Å². The SMILES string of the molecule is CN1CCN(C)C(c2nnc3ccc(C(=O)O)cn23)C1. The van der Waals surface area contributed by atoms with Crippen molar-refractivity contribution in [3.05, 3.63) is 29.7 Å². The molecule has 7 nitrogen and oxygen atoms in total. The fraction of sp³-hybridized carbons (Fsp3) is 0.462. The number of likely N-dealkylation sites (N-methyl/N-ethyl adjacent to an activating group) is 2. The van der Waals surface area contributed by atoms with Crippen LogP contribution in [-0.2, 0) is 0 Å². The van der Waals surface area contributed by atoms with E-state index in [0.29, 0.717) is 5.65 Å². The molecule has 0 radical (unpaired) electrons. The van der Waals surface area contributed by atoms with Gasteiger partial charge in [-0.15, -0.1) is 10.2 Å². The number of fused-ring (bicyclic) bond motifs is 1. The summed E-state index contributed by atoms with van der Waals surface area (Å²) in [5, 5.41) is 17.5. The predicted molar refractivity (Wildman–Crippen MR) is 72.8 cm³/mol. The molecule has 1 fully saturated rings. The van der Waals surface area contributed by atoms with Crippen LogP contribution in [0.2, 0.25) is 0 Å². The first-order chi connectivity index (χ1) is 9.56. The van der Waals surface area contributed by atoms with Crippen LogP contribution in [0.3, 0.4) is 0 Å². The summed E-state index contributed by atoms with van der Waals surface area (Å²) in [6.07, 6.45) is 1.59. The number of rotatable bonds is 2. The molecule has 3 heterocycles. The lowest BCUT2D eigenvalue weighted by molar-refractivity contribution is 0.0696. The Bertz CT molecular complexity index is 653. The monoisotopic (exact) mass is 275 g/mol. The first-order valence-corrected chi connectivity index (χ1v) is 6.53. The molecule has 3 rings (SSSR count). The van der Waals surface area contributed by atoms with Gasteiger partial charge in [0.2, 0.25) is 0 Å². The number of piperazine rings is 1. The van der Waals surface area contributed by atoms with Crippen LogP contribution in [-0.4, -0.2) is 69.2 Å². The average molecular weight is 275 g/mol. The highest BCUT2D eigenvalue weighted by Crippen LogP contribution is 2.22. The second-order valence-corrected chi connectivity index (χ2v) is 5.27. The Labute approximate surface area is 116 Å². The summed E-state index contributed by atoms with van der Waals surface area (Å²) in [4.78, 5) is 15.6. The molecule has 1 aliphatic heterocycles. The molecule has 2 aromatic heterocycles. The summed E-state index contributed by atoms with van der Waals surface area (Å²) in [7, 11) is 4.13. The number of aromatic nitrogens is 3. The number of pyridine rings is 1. The number of carboxylic acids is 1. The van der Waals surface area contributed by atoms with Gasteiger partial charge in [-0.05, 0) is 26.2 Å². The van der Waals surface area contributed by atoms with Crippen molar-refractivity contribution in [1.82, 2.24) is 24.4 Å². The third-order valence-corrected chi connectivity index (χ3v) is 3.82. The predicted octanol–water partition coefficient (Wildman–Crippen LogP) is 0.346. The number of nitrogens with zero attached hydrogens (tertiary/aromatic N) is 5. The van der Waals surface area contributed by atoms with E-state index in [0.717, 1.165) is 25.5 Å². The Kier molecular flexibility index (Phi) is 3.15. The second-order valence-electron chi connectivity index (χ2n) is 5.27. The van der Waals surface area contributed by atoms with E-state index in [1.165, 1.54) is 0 Å². The number of carbonyl (C=O) groups is 1. The van der Waals surface area contributed by atoms with E-state index >= 15 is 0 Å². The Morgan fingerprint density at radius 1 is 1.30 bits per heavy atom. The van der Waals surface area contributed by atoms with Gasteiger partial charge in [-0.2, -0.15) is 0 Å². The van der Waals surface area contributed by atoms with Crippen molar-refractivity contribution in [2.45, 2.75) is 6.04 Å². The zero-order valence-electron chi connectivity index (χ0n) is 11.5. The van der Waals surface area contributed by atoms with E-state index in [-0.39, 0.29) is 11.6 Å². The van der Waals surface area contributed by atoms with E-state index in [4.69, 9.17) is 5.11 Å². The van der Waals surface area contributed by atoms with Gasteiger partial charge in [0.25, 0.3) is 0 Å². The third-order valence-electron chi connectivity index (χ3n) is 3.82. The molecule has 7 heteroatoms. The minimum absolute atomic E-state index is 0.118. The van der Waals surface area contributed by atoms with Gasteiger partial charge < -0.3 is 10.0 Å². The van der Waals surface area contributed by atoms with E-state index in [1.807, 2.05) is 0 Å². The number of hydrogen-bond donors (Lipinski definition) is 1. The van der Waals surface area contributed by atoms with Crippen LogP contribution in [0.1, 0.15) is 22.2 Å². The van der Waals surface area contributed by atoms with Gasteiger partial charge in [0.1, 0.15) is 0 Å². The fourth-order valence-corrected chi connectivity index (χ4v) is 2.55. The summed E-state index contributed by atoms with van der Waals surface area (Å²) < 4.78 is 1.78. The van der Waals surface area contributed by atoms with Crippen molar-refractivity contribution >= 4 is 11.6 Å². The molecule has 0 saturated carbocycles. The standard InChI is InChI=1S/C13H17N5O2/c1-16-5-6-17(2)10(8-16)12-15-14-11-4-3-9(13(19)20)7-18(11)12/h3-4,7,10H,5-6,8H2,1-2H3,(H,19,20). The van der Waals surface area contributed by atoms with Crippen molar-refractivity contribution in [3.63, 3.8) is 0 Å². The largest absolute Gasteiger partial charge is 0.478 e. The highest BCUT2D eigenvalue weighted by Gasteiger charge is 2.27.